The van der Waals surface area contributed by atoms with Crippen LogP contribution in [-0.4, -0.2) is 28.7 Å². The van der Waals surface area contributed by atoms with Gasteiger partial charge < -0.3 is 19.4 Å². The van der Waals surface area contributed by atoms with Gasteiger partial charge in [-0.05, 0) is 49.8 Å². The molecule has 6 heteroatoms. The van der Waals surface area contributed by atoms with E-state index in [2.05, 4.69) is 9.88 Å². The molecule has 0 saturated heterocycles. The Bertz CT molecular complexity index is 1260. The molecule has 0 aliphatic carbocycles. The smallest absolute Gasteiger partial charge is 0.244 e. The highest BCUT2D eigenvalue weighted by Crippen LogP contribution is 2.27. The summed E-state index contributed by atoms with van der Waals surface area (Å²) < 4.78 is 13.8. The third-order valence-corrected chi connectivity index (χ3v) is 5.38. The average molecular weight is 456 g/mol. The van der Waals surface area contributed by atoms with Crippen LogP contribution in [0.2, 0.25) is 0 Å². The number of carbonyl (C=O) groups excluding carboxylic acids is 1. The van der Waals surface area contributed by atoms with E-state index in [-0.39, 0.29) is 11.9 Å². The topological polar surface area (TPSA) is 65.4 Å². The van der Waals surface area contributed by atoms with Crippen LogP contribution in [0.4, 0.5) is 0 Å². The standard InChI is InChI=1S/C28H29N3O3/c1-3-33-25-15-9-10-16-26(25)34-20-19-31-24-14-8-7-13-23(24)30-28(31)21(2)29-27(32)18-17-22-11-5-4-6-12-22/h4-18,21H,3,19-20H2,1-2H3,(H,29,32)/b18-17-. The van der Waals surface area contributed by atoms with E-state index in [0.29, 0.717) is 25.5 Å². The molecule has 0 bridgehead atoms. The molecule has 0 fully saturated rings. The van der Waals surface area contributed by atoms with Gasteiger partial charge in [-0.15, -0.1) is 0 Å². The second-order valence-corrected chi connectivity index (χ2v) is 7.81. The predicted octanol–water partition coefficient (Wildman–Crippen LogP) is 5.40. The van der Waals surface area contributed by atoms with Crippen LogP contribution in [0.15, 0.2) is 84.9 Å². The molecule has 4 aromatic rings. The van der Waals surface area contributed by atoms with Gasteiger partial charge in [-0.3, -0.25) is 4.79 Å². The number of benzene rings is 3. The molecule has 1 unspecified atom stereocenters. The van der Waals surface area contributed by atoms with Crippen molar-refractivity contribution in [3.8, 4) is 11.5 Å². The molecule has 0 aliphatic rings. The van der Waals surface area contributed by atoms with Crippen molar-refractivity contribution in [3.05, 3.63) is 96.3 Å². The Labute approximate surface area is 199 Å². The summed E-state index contributed by atoms with van der Waals surface area (Å²) in [5.41, 5.74) is 2.86. The highest BCUT2D eigenvalue weighted by molar-refractivity contribution is 5.92. The van der Waals surface area contributed by atoms with Crippen molar-refractivity contribution in [2.45, 2.75) is 26.4 Å². The highest BCUT2D eigenvalue weighted by atomic mass is 16.5. The summed E-state index contributed by atoms with van der Waals surface area (Å²) in [5, 5.41) is 3.03. The van der Waals surface area contributed by atoms with Crippen LogP contribution in [-0.2, 0) is 11.3 Å². The van der Waals surface area contributed by atoms with E-state index in [0.717, 1.165) is 28.2 Å². The van der Waals surface area contributed by atoms with Crippen molar-refractivity contribution in [1.29, 1.82) is 0 Å². The fourth-order valence-corrected chi connectivity index (χ4v) is 3.81. The van der Waals surface area contributed by atoms with Crippen LogP contribution in [0.3, 0.4) is 0 Å². The molecule has 0 spiro atoms. The fraction of sp³-hybridized carbons (Fsp3) is 0.214. The molecule has 0 saturated carbocycles. The number of amides is 1. The summed E-state index contributed by atoms with van der Waals surface area (Å²) in [6.45, 7) is 5.48. The molecule has 1 atom stereocenters. The van der Waals surface area contributed by atoms with Gasteiger partial charge in [-0.1, -0.05) is 54.6 Å². The van der Waals surface area contributed by atoms with Crippen LogP contribution in [0.25, 0.3) is 17.1 Å². The molecule has 0 radical (unpaired) electrons. The average Bonchev–Trinajstić information content (AvgIpc) is 3.23. The summed E-state index contributed by atoms with van der Waals surface area (Å²) in [6.07, 6.45) is 3.35. The Balaban J connectivity index is 1.48. The van der Waals surface area contributed by atoms with E-state index < -0.39 is 0 Å². The lowest BCUT2D eigenvalue weighted by atomic mass is 10.2. The van der Waals surface area contributed by atoms with Gasteiger partial charge in [0.1, 0.15) is 12.4 Å². The zero-order valence-corrected chi connectivity index (χ0v) is 19.5. The zero-order valence-electron chi connectivity index (χ0n) is 19.5. The maximum atomic E-state index is 12.6. The maximum absolute atomic E-state index is 12.6. The van der Waals surface area contributed by atoms with Crippen LogP contribution >= 0.6 is 0 Å². The van der Waals surface area contributed by atoms with Gasteiger partial charge in [0, 0.05) is 6.08 Å². The number of ether oxygens (including phenoxy) is 2. The first-order valence-corrected chi connectivity index (χ1v) is 11.5. The van der Waals surface area contributed by atoms with Crippen molar-refractivity contribution in [3.63, 3.8) is 0 Å². The van der Waals surface area contributed by atoms with Crippen molar-refractivity contribution in [2.75, 3.05) is 13.2 Å². The Morgan fingerprint density at radius 1 is 0.971 bits per heavy atom. The van der Waals surface area contributed by atoms with Gasteiger partial charge >= 0.3 is 0 Å². The quantitative estimate of drug-likeness (QED) is 0.325. The molecule has 1 heterocycles. The maximum Gasteiger partial charge on any atom is 0.244 e. The first kappa shape index (κ1) is 23.1. The number of fused-ring (bicyclic) bond motifs is 1. The van der Waals surface area contributed by atoms with E-state index in [4.69, 9.17) is 14.5 Å². The van der Waals surface area contributed by atoms with Crippen molar-refractivity contribution < 1.29 is 14.3 Å². The lowest BCUT2D eigenvalue weighted by molar-refractivity contribution is -0.117. The Kier molecular flexibility index (Phi) is 7.60. The highest BCUT2D eigenvalue weighted by Gasteiger charge is 2.18. The molecule has 174 valence electrons. The number of nitrogens with zero attached hydrogens (tertiary/aromatic N) is 2. The van der Waals surface area contributed by atoms with E-state index in [9.17, 15) is 4.79 Å². The van der Waals surface area contributed by atoms with E-state index in [1.54, 1.807) is 12.2 Å². The SMILES string of the molecule is CCOc1ccccc1OCCn1c(C(C)NC(=O)/C=C\c2ccccc2)nc2ccccc21. The first-order valence-electron chi connectivity index (χ1n) is 11.5. The number of imidazole rings is 1. The molecule has 1 amide bonds. The van der Waals surface area contributed by atoms with Crippen LogP contribution < -0.4 is 14.8 Å². The molecular weight excluding hydrogens is 426 g/mol. The number of aromatic nitrogens is 2. The lowest BCUT2D eigenvalue weighted by Crippen LogP contribution is -2.27. The minimum atomic E-state index is -0.281. The zero-order chi connectivity index (χ0) is 23.8. The lowest BCUT2D eigenvalue weighted by Gasteiger charge is -2.17. The third kappa shape index (κ3) is 5.64. The Morgan fingerprint density at radius 3 is 2.41 bits per heavy atom. The largest absolute Gasteiger partial charge is 0.490 e. The van der Waals surface area contributed by atoms with Crippen LogP contribution in [0, 0.1) is 0 Å². The third-order valence-electron chi connectivity index (χ3n) is 5.38. The van der Waals surface area contributed by atoms with E-state index in [1.807, 2.05) is 92.7 Å². The molecule has 1 N–H and O–H groups in total. The van der Waals surface area contributed by atoms with Gasteiger partial charge in [-0.2, -0.15) is 0 Å². The molecular formula is C28H29N3O3. The molecule has 0 aliphatic heterocycles. The Hall–Kier alpha value is -4.06. The summed E-state index contributed by atoms with van der Waals surface area (Å²) in [7, 11) is 0. The Morgan fingerprint density at radius 2 is 1.65 bits per heavy atom. The minimum absolute atomic E-state index is 0.170. The van der Waals surface area contributed by atoms with Gasteiger partial charge in [0.05, 0.1) is 30.2 Å². The normalized spacial score (nSPS) is 12.1. The van der Waals surface area contributed by atoms with Crippen molar-refractivity contribution in [1.82, 2.24) is 14.9 Å². The monoisotopic (exact) mass is 455 g/mol. The van der Waals surface area contributed by atoms with Gasteiger partial charge in [0.25, 0.3) is 0 Å². The summed E-state index contributed by atoms with van der Waals surface area (Å²) in [6, 6.07) is 25.1. The summed E-state index contributed by atoms with van der Waals surface area (Å²) in [4.78, 5) is 17.4. The van der Waals surface area contributed by atoms with Gasteiger partial charge in [0.15, 0.2) is 11.5 Å². The minimum Gasteiger partial charge on any atom is -0.490 e. The number of hydrogen-bond donors (Lipinski definition) is 1. The second kappa shape index (κ2) is 11.2. The number of nitrogens with one attached hydrogen (secondary N) is 1. The summed E-state index contributed by atoms with van der Waals surface area (Å²) in [5.74, 6) is 2.05. The second-order valence-electron chi connectivity index (χ2n) is 7.81. The van der Waals surface area contributed by atoms with Gasteiger partial charge in [-0.25, -0.2) is 4.98 Å². The van der Waals surface area contributed by atoms with Crippen molar-refractivity contribution in [2.24, 2.45) is 0 Å². The van der Waals surface area contributed by atoms with Crippen molar-refractivity contribution >= 4 is 23.0 Å². The number of rotatable bonds is 10. The fourth-order valence-electron chi connectivity index (χ4n) is 3.81. The molecule has 6 nitrogen and oxygen atoms in total. The first-order chi connectivity index (χ1) is 16.7. The molecule has 34 heavy (non-hydrogen) atoms. The number of carbonyl (C=O) groups is 1. The van der Waals surface area contributed by atoms with Crippen LogP contribution in [0.1, 0.15) is 31.3 Å². The van der Waals surface area contributed by atoms with E-state index >= 15 is 0 Å². The summed E-state index contributed by atoms with van der Waals surface area (Å²) >= 11 is 0. The number of hydrogen-bond acceptors (Lipinski definition) is 4. The van der Waals surface area contributed by atoms with Gasteiger partial charge in [0.2, 0.25) is 5.91 Å². The molecule has 4 rings (SSSR count). The number of para-hydroxylation sites is 4. The van der Waals surface area contributed by atoms with Crippen LogP contribution in [0.5, 0.6) is 11.5 Å². The van der Waals surface area contributed by atoms with E-state index in [1.165, 1.54) is 0 Å². The predicted molar refractivity (Wildman–Crippen MR) is 135 cm³/mol. The molecule has 1 aromatic heterocycles. The molecule has 3 aromatic carbocycles.